The normalized spacial score (nSPS) is 17.9. The number of fused-ring (bicyclic) bond motifs is 1. The van der Waals surface area contributed by atoms with E-state index in [1.54, 1.807) is 13.2 Å². The Balaban J connectivity index is 2.57. The summed E-state index contributed by atoms with van der Waals surface area (Å²) < 4.78 is 10.2. The monoisotopic (exact) mass is 206 g/mol. The number of cyclic esters (lactones) is 1. The lowest BCUT2D eigenvalue weighted by molar-refractivity contribution is 0.0372. The van der Waals surface area contributed by atoms with E-state index >= 15 is 0 Å². The van der Waals surface area contributed by atoms with Gasteiger partial charge in [-0.05, 0) is 17.7 Å². The van der Waals surface area contributed by atoms with Crippen LogP contribution in [0.25, 0.3) is 0 Å². The molecule has 15 heavy (non-hydrogen) atoms. The maximum atomic E-state index is 11.6. The lowest BCUT2D eigenvalue weighted by Crippen LogP contribution is -2.33. The zero-order valence-electron chi connectivity index (χ0n) is 9.16. The molecule has 0 N–H and O–H groups in total. The Morgan fingerprint density at radius 2 is 2.13 bits per heavy atom. The van der Waals surface area contributed by atoms with Crippen molar-refractivity contribution in [1.82, 2.24) is 0 Å². The number of esters is 1. The first kappa shape index (κ1) is 10.0. The van der Waals surface area contributed by atoms with E-state index in [9.17, 15) is 4.79 Å². The second-order valence-corrected chi connectivity index (χ2v) is 4.37. The number of rotatable bonds is 1. The molecule has 3 heteroatoms. The Hall–Kier alpha value is -1.51. The van der Waals surface area contributed by atoms with Crippen LogP contribution in [0.3, 0.4) is 0 Å². The molecule has 0 amide bonds. The summed E-state index contributed by atoms with van der Waals surface area (Å²) in [6.07, 6.45) is 0. The highest BCUT2D eigenvalue weighted by atomic mass is 16.5. The average Bonchev–Trinajstić information content (AvgIpc) is 2.23. The minimum atomic E-state index is -0.261. The fourth-order valence-corrected chi connectivity index (χ4v) is 1.81. The topological polar surface area (TPSA) is 35.5 Å². The summed E-state index contributed by atoms with van der Waals surface area (Å²) >= 11 is 0. The summed E-state index contributed by atoms with van der Waals surface area (Å²) in [6.45, 7) is 4.56. The number of hydrogen-bond donors (Lipinski definition) is 0. The van der Waals surface area contributed by atoms with E-state index in [1.165, 1.54) is 0 Å². The summed E-state index contributed by atoms with van der Waals surface area (Å²) in [5.41, 5.74) is 1.53. The highest BCUT2D eigenvalue weighted by Gasteiger charge is 2.33. The van der Waals surface area contributed by atoms with Crippen LogP contribution >= 0.6 is 0 Å². The Bertz CT molecular complexity index is 407. The Kier molecular flexibility index (Phi) is 2.18. The molecule has 80 valence electrons. The van der Waals surface area contributed by atoms with Crippen LogP contribution in [-0.2, 0) is 10.2 Å². The van der Waals surface area contributed by atoms with Crippen molar-refractivity contribution in [2.75, 3.05) is 13.7 Å². The average molecular weight is 206 g/mol. The lowest BCUT2D eigenvalue weighted by Gasteiger charge is -2.31. The largest absolute Gasteiger partial charge is 0.497 e. The van der Waals surface area contributed by atoms with Crippen LogP contribution in [-0.4, -0.2) is 19.7 Å². The van der Waals surface area contributed by atoms with Gasteiger partial charge in [-0.1, -0.05) is 19.9 Å². The molecular weight excluding hydrogens is 192 g/mol. The van der Waals surface area contributed by atoms with Crippen LogP contribution in [0.2, 0.25) is 0 Å². The molecule has 1 aromatic rings. The molecule has 0 atom stereocenters. The van der Waals surface area contributed by atoms with Crippen LogP contribution in [0.4, 0.5) is 0 Å². The fraction of sp³-hybridized carbons (Fsp3) is 0.417. The smallest absolute Gasteiger partial charge is 0.338 e. The van der Waals surface area contributed by atoms with Gasteiger partial charge in [0.05, 0.1) is 12.7 Å². The molecule has 0 aliphatic carbocycles. The number of carbonyl (C=O) groups excluding carboxylic acids is 1. The lowest BCUT2D eigenvalue weighted by atomic mass is 9.81. The third kappa shape index (κ3) is 1.58. The van der Waals surface area contributed by atoms with E-state index in [0.29, 0.717) is 17.9 Å². The third-order valence-corrected chi connectivity index (χ3v) is 2.74. The van der Waals surface area contributed by atoms with E-state index in [1.807, 2.05) is 12.1 Å². The number of methoxy groups -OCH3 is 1. The highest BCUT2D eigenvalue weighted by molar-refractivity contribution is 5.93. The maximum Gasteiger partial charge on any atom is 0.338 e. The maximum absolute atomic E-state index is 11.6. The molecule has 1 aliphatic heterocycles. The second kappa shape index (κ2) is 3.26. The first-order chi connectivity index (χ1) is 7.04. The molecule has 1 aromatic carbocycles. The summed E-state index contributed by atoms with van der Waals surface area (Å²) in [7, 11) is 1.58. The van der Waals surface area contributed by atoms with Crippen molar-refractivity contribution in [3.63, 3.8) is 0 Å². The van der Waals surface area contributed by atoms with Gasteiger partial charge in [0.2, 0.25) is 0 Å². The van der Waals surface area contributed by atoms with Gasteiger partial charge in [0.25, 0.3) is 0 Å². The summed E-state index contributed by atoms with van der Waals surface area (Å²) in [6, 6.07) is 5.55. The molecule has 0 bridgehead atoms. The molecule has 0 saturated heterocycles. The summed E-state index contributed by atoms with van der Waals surface area (Å²) in [5, 5.41) is 0. The van der Waals surface area contributed by atoms with E-state index in [4.69, 9.17) is 9.47 Å². The van der Waals surface area contributed by atoms with Gasteiger partial charge in [-0.3, -0.25) is 0 Å². The minimum Gasteiger partial charge on any atom is -0.497 e. The van der Waals surface area contributed by atoms with Crippen LogP contribution < -0.4 is 4.74 Å². The molecule has 1 heterocycles. The van der Waals surface area contributed by atoms with Gasteiger partial charge < -0.3 is 9.47 Å². The van der Waals surface area contributed by atoms with Crippen LogP contribution in [0, 0.1) is 0 Å². The second-order valence-electron chi connectivity index (χ2n) is 4.37. The number of carbonyl (C=O) groups is 1. The Labute approximate surface area is 89.0 Å². The third-order valence-electron chi connectivity index (χ3n) is 2.74. The molecule has 0 radical (unpaired) electrons. The van der Waals surface area contributed by atoms with Crippen molar-refractivity contribution in [2.45, 2.75) is 19.3 Å². The van der Waals surface area contributed by atoms with Gasteiger partial charge in [0.1, 0.15) is 12.4 Å². The van der Waals surface area contributed by atoms with E-state index in [-0.39, 0.29) is 11.4 Å². The van der Waals surface area contributed by atoms with Crippen molar-refractivity contribution in [2.24, 2.45) is 0 Å². The number of benzene rings is 1. The summed E-state index contributed by atoms with van der Waals surface area (Å²) in [5.74, 6) is 0.423. The molecule has 0 spiro atoms. The zero-order chi connectivity index (χ0) is 11.1. The van der Waals surface area contributed by atoms with Gasteiger partial charge in [0, 0.05) is 5.41 Å². The first-order valence-electron chi connectivity index (χ1n) is 4.90. The Morgan fingerprint density at radius 3 is 2.80 bits per heavy atom. The van der Waals surface area contributed by atoms with Crippen molar-refractivity contribution >= 4 is 5.97 Å². The predicted octanol–water partition coefficient (Wildman–Crippen LogP) is 2.14. The van der Waals surface area contributed by atoms with Crippen molar-refractivity contribution in [1.29, 1.82) is 0 Å². The highest BCUT2D eigenvalue weighted by Crippen LogP contribution is 2.33. The molecule has 1 aliphatic rings. The van der Waals surface area contributed by atoms with E-state index < -0.39 is 0 Å². The molecule has 3 nitrogen and oxygen atoms in total. The van der Waals surface area contributed by atoms with Crippen LogP contribution in [0.5, 0.6) is 5.75 Å². The van der Waals surface area contributed by atoms with E-state index in [2.05, 4.69) is 13.8 Å². The van der Waals surface area contributed by atoms with Crippen molar-refractivity contribution < 1.29 is 14.3 Å². The first-order valence-corrected chi connectivity index (χ1v) is 4.90. The summed E-state index contributed by atoms with van der Waals surface area (Å²) in [4.78, 5) is 11.6. The van der Waals surface area contributed by atoms with Gasteiger partial charge >= 0.3 is 5.97 Å². The fourth-order valence-electron chi connectivity index (χ4n) is 1.81. The number of ether oxygens (including phenoxy) is 2. The quantitative estimate of drug-likeness (QED) is 0.660. The van der Waals surface area contributed by atoms with Crippen LogP contribution in [0.1, 0.15) is 29.8 Å². The molecule has 0 unspecified atom stereocenters. The Morgan fingerprint density at radius 1 is 1.40 bits per heavy atom. The standard InChI is InChI=1S/C12H14O3/c1-12(2)7-15-11(13)9-6-8(14-3)4-5-10(9)12/h4-6H,7H2,1-3H3. The van der Waals surface area contributed by atoms with Gasteiger partial charge in [-0.25, -0.2) is 4.79 Å². The molecule has 0 saturated carbocycles. The van der Waals surface area contributed by atoms with E-state index in [0.717, 1.165) is 5.56 Å². The molecule has 0 fully saturated rings. The van der Waals surface area contributed by atoms with Gasteiger partial charge in [-0.15, -0.1) is 0 Å². The van der Waals surface area contributed by atoms with Crippen LogP contribution in [0.15, 0.2) is 18.2 Å². The van der Waals surface area contributed by atoms with Crippen molar-refractivity contribution in [3.05, 3.63) is 29.3 Å². The molecule has 0 aromatic heterocycles. The van der Waals surface area contributed by atoms with Gasteiger partial charge in [0.15, 0.2) is 0 Å². The minimum absolute atomic E-state index is 0.116. The zero-order valence-corrected chi connectivity index (χ0v) is 9.16. The molecule has 2 rings (SSSR count). The predicted molar refractivity (Wildman–Crippen MR) is 56.3 cm³/mol. The molecular formula is C12H14O3. The number of hydrogen-bond acceptors (Lipinski definition) is 3. The SMILES string of the molecule is COc1ccc2c(c1)C(=O)OCC2(C)C. The van der Waals surface area contributed by atoms with Gasteiger partial charge in [-0.2, -0.15) is 0 Å². The van der Waals surface area contributed by atoms with Crippen molar-refractivity contribution in [3.8, 4) is 5.75 Å².